The summed E-state index contributed by atoms with van der Waals surface area (Å²) in [6.07, 6.45) is 0. The van der Waals surface area contributed by atoms with Gasteiger partial charge in [-0.25, -0.2) is 0 Å². The molecular weight excluding hydrogens is 228 g/mol. The fraction of sp³-hybridized carbons (Fsp3) is 0.300. The van der Waals surface area contributed by atoms with E-state index in [1.54, 1.807) is 0 Å². The standard InChI is InChI=1S/C10H12N2O5/c1-5(11)9(13)6-3-7(12(15)16)10(14)8(4-6)17-2/h3-5,14H,11H2,1-2H3. The van der Waals surface area contributed by atoms with Gasteiger partial charge in [0.2, 0.25) is 5.75 Å². The molecule has 0 aliphatic heterocycles. The van der Waals surface area contributed by atoms with Crippen molar-refractivity contribution >= 4 is 11.5 Å². The summed E-state index contributed by atoms with van der Waals surface area (Å²) in [4.78, 5) is 21.5. The van der Waals surface area contributed by atoms with E-state index in [9.17, 15) is 20.0 Å². The third-order valence-electron chi connectivity index (χ3n) is 2.17. The van der Waals surface area contributed by atoms with Gasteiger partial charge in [-0.1, -0.05) is 0 Å². The predicted molar refractivity (Wildman–Crippen MR) is 59.3 cm³/mol. The maximum atomic E-state index is 11.6. The molecule has 0 aromatic heterocycles. The number of carbonyl (C=O) groups excluding carboxylic acids is 1. The van der Waals surface area contributed by atoms with E-state index < -0.39 is 28.2 Å². The van der Waals surface area contributed by atoms with Crippen LogP contribution in [0.15, 0.2) is 12.1 Å². The molecule has 1 unspecified atom stereocenters. The lowest BCUT2D eigenvalue weighted by Crippen LogP contribution is -2.26. The Morgan fingerprint density at radius 2 is 2.18 bits per heavy atom. The molecule has 0 spiro atoms. The fourth-order valence-corrected chi connectivity index (χ4v) is 1.29. The van der Waals surface area contributed by atoms with Gasteiger partial charge < -0.3 is 15.6 Å². The maximum Gasteiger partial charge on any atom is 0.315 e. The van der Waals surface area contributed by atoms with Crippen molar-refractivity contribution in [1.82, 2.24) is 0 Å². The maximum absolute atomic E-state index is 11.6. The minimum atomic E-state index is -0.796. The second-order valence-corrected chi connectivity index (χ2v) is 3.46. The summed E-state index contributed by atoms with van der Waals surface area (Å²) in [5.74, 6) is -1.21. The first-order valence-electron chi connectivity index (χ1n) is 4.73. The zero-order valence-electron chi connectivity index (χ0n) is 9.34. The van der Waals surface area contributed by atoms with Gasteiger partial charge in [-0.2, -0.15) is 0 Å². The van der Waals surface area contributed by atoms with Crippen LogP contribution in [0.1, 0.15) is 17.3 Å². The van der Waals surface area contributed by atoms with Crippen molar-refractivity contribution in [1.29, 1.82) is 0 Å². The van der Waals surface area contributed by atoms with Crippen molar-refractivity contribution in [3.05, 3.63) is 27.8 Å². The van der Waals surface area contributed by atoms with Crippen molar-refractivity contribution in [2.45, 2.75) is 13.0 Å². The predicted octanol–water partition coefficient (Wildman–Crippen LogP) is 0.839. The molecule has 0 fully saturated rings. The zero-order valence-corrected chi connectivity index (χ0v) is 9.34. The molecule has 1 aromatic carbocycles. The number of aromatic hydroxyl groups is 1. The molecule has 0 radical (unpaired) electrons. The molecule has 3 N–H and O–H groups in total. The highest BCUT2D eigenvalue weighted by molar-refractivity contribution is 6.01. The number of ether oxygens (including phenoxy) is 1. The van der Waals surface area contributed by atoms with E-state index in [0.717, 1.165) is 6.07 Å². The van der Waals surface area contributed by atoms with Crippen molar-refractivity contribution < 1.29 is 19.6 Å². The minimum absolute atomic E-state index is 0.0290. The summed E-state index contributed by atoms with van der Waals surface area (Å²) in [5.41, 5.74) is 4.84. The molecule has 1 rings (SSSR count). The van der Waals surface area contributed by atoms with Gasteiger partial charge in [0.25, 0.3) is 0 Å². The van der Waals surface area contributed by atoms with Crippen LogP contribution < -0.4 is 10.5 Å². The number of methoxy groups -OCH3 is 1. The second-order valence-electron chi connectivity index (χ2n) is 3.46. The molecule has 1 atom stereocenters. The first kappa shape index (κ1) is 12.9. The van der Waals surface area contributed by atoms with Crippen LogP contribution in [0.5, 0.6) is 11.5 Å². The van der Waals surface area contributed by atoms with Crippen molar-refractivity contribution in [3.63, 3.8) is 0 Å². The van der Waals surface area contributed by atoms with Gasteiger partial charge in [0.15, 0.2) is 11.5 Å². The number of hydrogen-bond donors (Lipinski definition) is 2. The Labute approximate surface area is 97.0 Å². The summed E-state index contributed by atoms with van der Waals surface area (Å²) in [5, 5.41) is 20.2. The Kier molecular flexibility index (Phi) is 3.64. The van der Waals surface area contributed by atoms with E-state index in [-0.39, 0.29) is 11.3 Å². The van der Waals surface area contributed by atoms with Crippen LogP contribution >= 0.6 is 0 Å². The number of nitrogens with zero attached hydrogens (tertiary/aromatic N) is 1. The first-order valence-corrected chi connectivity index (χ1v) is 4.73. The molecule has 7 heteroatoms. The lowest BCUT2D eigenvalue weighted by molar-refractivity contribution is -0.386. The molecule has 0 aliphatic carbocycles. The van der Waals surface area contributed by atoms with E-state index in [4.69, 9.17) is 10.5 Å². The number of nitro benzene ring substituents is 1. The quantitative estimate of drug-likeness (QED) is 0.457. The third kappa shape index (κ3) is 2.51. The van der Waals surface area contributed by atoms with E-state index >= 15 is 0 Å². The average Bonchev–Trinajstić information content (AvgIpc) is 2.27. The number of nitro groups is 1. The Bertz CT molecular complexity index is 470. The van der Waals surface area contributed by atoms with E-state index in [0.29, 0.717) is 0 Å². The van der Waals surface area contributed by atoms with Crippen LogP contribution in [-0.2, 0) is 0 Å². The summed E-state index contributed by atoms with van der Waals surface area (Å²) in [6.45, 7) is 1.47. The minimum Gasteiger partial charge on any atom is -0.500 e. The molecule has 0 saturated heterocycles. The highest BCUT2D eigenvalue weighted by Gasteiger charge is 2.23. The number of Topliss-reactive ketones (excluding diaryl/α,β-unsaturated/α-hetero) is 1. The van der Waals surface area contributed by atoms with Gasteiger partial charge in [-0.15, -0.1) is 0 Å². The van der Waals surface area contributed by atoms with Crippen LogP contribution in [-0.4, -0.2) is 29.0 Å². The molecule has 0 bridgehead atoms. The van der Waals surface area contributed by atoms with Crippen LogP contribution in [0.25, 0.3) is 0 Å². The molecule has 0 saturated carbocycles. The van der Waals surface area contributed by atoms with Crippen LogP contribution in [0.3, 0.4) is 0 Å². The molecule has 1 aromatic rings. The average molecular weight is 240 g/mol. The normalized spacial score (nSPS) is 11.9. The van der Waals surface area contributed by atoms with Crippen LogP contribution in [0, 0.1) is 10.1 Å². The van der Waals surface area contributed by atoms with Crippen molar-refractivity contribution in [2.75, 3.05) is 7.11 Å². The number of nitrogens with two attached hydrogens (primary N) is 1. The monoisotopic (exact) mass is 240 g/mol. The van der Waals surface area contributed by atoms with Gasteiger partial charge in [-0.05, 0) is 13.0 Å². The lowest BCUT2D eigenvalue weighted by atomic mass is 10.0. The molecule has 17 heavy (non-hydrogen) atoms. The van der Waals surface area contributed by atoms with Crippen molar-refractivity contribution in [2.24, 2.45) is 5.73 Å². The Morgan fingerprint density at radius 1 is 1.59 bits per heavy atom. The number of rotatable bonds is 4. The highest BCUT2D eigenvalue weighted by atomic mass is 16.6. The van der Waals surface area contributed by atoms with E-state index in [1.807, 2.05) is 0 Å². The number of carbonyl (C=O) groups is 1. The SMILES string of the molecule is COc1cc(C(=O)C(C)N)cc([N+](=O)[O-])c1O. The topological polar surface area (TPSA) is 116 Å². The molecule has 7 nitrogen and oxygen atoms in total. The number of phenolic OH excluding ortho intramolecular Hbond substituents is 1. The van der Waals surface area contributed by atoms with Crippen LogP contribution in [0.2, 0.25) is 0 Å². The zero-order chi connectivity index (χ0) is 13.2. The molecule has 0 heterocycles. The van der Waals surface area contributed by atoms with E-state index in [2.05, 4.69) is 0 Å². The van der Waals surface area contributed by atoms with Gasteiger partial charge in [-0.3, -0.25) is 14.9 Å². The summed E-state index contributed by atoms with van der Waals surface area (Å²) < 4.78 is 4.76. The Balaban J connectivity index is 3.40. The van der Waals surface area contributed by atoms with E-state index in [1.165, 1.54) is 20.1 Å². The second kappa shape index (κ2) is 4.79. The molecule has 0 aliphatic rings. The number of ketones is 1. The fourth-order valence-electron chi connectivity index (χ4n) is 1.29. The summed E-state index contributed by atoms with van der Waals surface area (Å²) in [7, 11) is 1.24. The smallest absolute Gasteiger partial charge is 0.315 e. The molecular formula is C10H12N2O5. The van der Waals surface area contributed by atoms with Gasteiger partial charge in [0.1, 0.15) is 0 Å². The summed E-state index contributed by atoms with van der Waals surface area (Å²) in [6, 6.07) is 1.40. The Morgan fingerprint density at radius 3 is 2.59 bits per heavy atom. The van der Waals surface area contributed by atoms with Gasteiger partial charge >= 0.3 is 5.69 Å². The van der Waals surface area contributed by atoms with Gasteiger partial charge in [0, 0.05) is 11.6 Å². The summed E-state index contributed by atoms with van der Waals surface area (Å²) >= 11 is 0. The van der Waals surface area contributed by atoms with Gasteiger partial charge in [0.05, 0.1) is 18.1 Å². The highest BCUT2D eigenvalue weighted by Crippen LogP contribution is 2.37. The molecule has 92 valence electrons. The number of hydrogen-bond acceptors (Lipinski definition) is 6. The van der Waals surface area contributed by atoms with Crippen LogP contribution in [0.4, 0.5) is 5.69 Å². The van der Waals surface area contributed by atoms with Crippen molar-refractivity contribution in [3.8, 4) is 11.5 Å². The molecule has 0 amide bonds. The number of phenols is 1. The lowest BCUT2D eigenvalue weighted by Gasteiger charge is -2.08. The first-order chi connectivity index (χ1) is 7.88. The number of benzene rings is 1. The Hall–Kier alpha value is -2.15. The third-order valence-corrected chi connectivity index (χ3v) is 2.17. The largest absolute Gasteiger partial charge is 0.500 e.